The second-order valence-electron chi connectivity index (χ2n) is 4.22. The van der Waals surface area contributed by atoms with E-state index in [0.717, 1.165) is 15.8 Å². The summed E-state index contributed by atoms with van der Waals surface area (Å²) in [5.41, 5.74) is 6.92. The summed E-state index contributed by atoms with van der Waals surface area (Å²) in [6, 6.07) is 13.3. The molecule has 0 aromatic heterocycles. The van der Waals surface area contributed by atoms with Crippen LogP contribution in [-0.4, -0.2) is 7.11 Å². The molecule has 0 unspecified atom stereocenters. The highest BCUT2D eigenvalue weighted by Crippen LogP contribution is 2.33. The summed E-state index contributed by atoms with van der Waals surface area (Å²) in [7, 11) is 1.62. The van der Waals surface area contributed by atoms with Gasteiger partial charge in [0.25, 0.3) is 0 Å². The number of methoxy groups -OCH3 is 1. The van der Waals surface area contributed by atoms with Gasteiger partial charge in [0, 0.05) is 10.5 Å². The molecule has 100 valence electrons. The lowest BCUT2D eigenvalue weighted by molar-refractivity contribution is 0.379. The van der Waals surface area contributed by atoms with E-state index in [2.05, 4.69) is 15.9 Å². The van der Waals surface area contributed by atoms with Crippen molar-refractivity contribution in [3.8, 4) is 17.2 Å². The zero-order valence-electron chi connectivity index (χ0n) is 10.9. The molecule has 2 rings (SSSR count). The van der Waals surface area contributed by atoms with Crippen LogP contribution in [0.3, 0.4) is 0 Å². The van der Waals surface area contributed by atoms with Gasteiger partial charge in [0.1, 0.15) is 5.75 Å². The number of nitrogens with two attached hydrogens (primary N) is 1. The monoisotopic (exact) mass is 321 g/mol. The van der Waals surface area contributed by atoms with Gasteiger partial charge in [-0.05, 0) is 36.8 Å². The summed E-state index contributed by atoms with van der Waals surface area (Å²) in [5, 5.41) is 0. The maximum Gasteiger partial charge on any atom is 0.169 e. The van der Waals surface area contributed by atoms with Crippen LogP contribution in [0.1, 0.15) is 18.5 Å². The van der Waals surface area contributed by atoms with E-state index in [1.807, 2.05) is 49.4 Å². The van der Waals surface area contributed by atoms with Gasteiger partial charge in [-0.25, -0.2) is 0 Å². The summed E-state index contributed by atoms with van der Waals surface area (Å²) in [6.07, 6.45) is 0. The van der Waals surface area contributed by atoms with Crippen LogP contribution in [0, 0.1) is 0 Å². The van der Waals surface area contributed by atoms with E-state index in [-0.39, 0.29) is 6.04 Å². The number of halogens is 1. The summed E-state index contributed by atoms with van der Waals surface area (Å²) < 4.78 is 12.0. The molecule has 1 atom stereocenters. The second kappa shape index (κ2) is 6.08. The molecule has 19 heavy (non-hydrogen) atoms. The third-order valence-corrected chi connectivity index (χ3v) is 3.45. The minimum atomic E-state index is -0.0188. The van der Waals surface area contributed by atoms with Crippen LogP contribution in [-0.2, 0) is 0 Å². The van der Waals surface area contributed by atoms with E-state index in [9.17, 15) is 0 Å². The normalized spacial score (nSPS) is 12.0. The van der Waals surface area contributed by atoms with Crippen LogP contribution >= 0.6 is 15.9 Å². The van der Waals surface area contributed by atoms with E-state index in [1.165, 1.54) is 0 Å². The Balaban J connectivity index is 2.26. The zero-order valence-corrected chi connectivity index (χ0v) is 12.5. The van der Waals surface area contributed by atoms with E-state index >= 15 is 0 Å². The lowest BCUT2D eigenvalue weighted by Gasteiger charge is -2.13. The van der Waals surface area contributed by atoms with E-state index in [4.69, 9.17) is 15.2 Å². The SMILES string of the molecule is COc1ccccc1Oc1ccc([C@H](C)N)c(Br)c1. The molecular formula is C15H16BrNO2. The molecule has 0 radical (unpaired) electrons. The summed E-state index contributed by atoms with van der Waals surface area (Å²) in [6.45, 7) is 1.95. The molecule has 2 aromatic rings. The van der Waals surface area contributed by atoms with E-state index in [1.54, 1.807) is 7.11 Å². The van der Waals surface area contributed by atoms with Gasteiger partial charge in [-0.15, -0.1) is 0 Å². The number of ether oxygens (including phenoxy) is 2. The predicted molar refractivity (Wildman–Crippen MR) is 79.8 cm³/mol. The Labute approximate surface area is 121 Å². The predicted octanol–water partition coefficient (Wildman–Crippen LogP) is 4.27. The Morgan fingerprint density at radius 1 is 1.11 bits per heavy atom. The molecule has 0 heterocycles. The largest absolute Gasteiger partial charge is 0.493 e. The smallest absolute Gasteiger partial charge is 0.169 e. The molecule has 2 N–H and O–H groups in total. The van der Waals surface area contributed by atoms with Crippen LogP contribution in [0.5, 0.6) is 17.2 Å². The molecule has 0 bridgehead atoms. The van der Waals surface area contributed by atoms with Crippen molar-refractivity contribution in [1.82, 2.24) is 0 Å². The molecule has 0 saturated heterocycles. The standard InChI is InChI=1S/C15H16BrNO2/c1-10(17)12-8-7-11(9-13(12)16)19-15-6-4-3-5-14(15)18-2/h3-10H,17H2,1-2H3/t10-/m0/s1. The molecule has 0 saturated carbocycles. The summed E-state index contributed by atoms with van der Waals surface area (Å²) >= 11 is 3.51. The van der Waals surface area contributed by atoms with Gasteiger partial charge in [-0.3, -0.25) is 0 Å². The van der Waals surface area contributed by atoms with Crippen LogP contribution in [0.25, 0.3) is 0 Å². The number of rotatable bonds is 4. The maximum absolute atomic E-state index is 5.87. The van der Waals surface area contributed by atoms with Crippen LogP contribution < -0.4 is 15.2 Å². The quantitative estimate of drug-likeness (QED) is 0.914. The molecular weight excluding hydrogens is 306 g/mol. The Kier molecular flexibility index (Phi) is 4.45. The van der Waals surface area contributed by atoms with E-state index < -0.39 is 0 Å². The fourth-order valence-electron chi connectivity index (χ4n) is 1.77. The molecule has 4 heteroatoms. The topological polar surface area (TPSA) is 44.5 Å². The molecule has 0 aliphatic rings. The fraction of sp³-hybridized carbons (Fsp3) is 0.200. The third kappa shape index (κ3) is 3.28. The zero-order chi connectivity index (χ0) is 13.8. The summed E-state index contributed by atoms with van der Waals surface area (Å²) in [5.74, 6) is 2.13. The minimum Gasteiger partial charge on any atom is -0.493 e. The first-order valence-electron chi connectivity index (χ1n) is 5.97. The molecule has 0 aliphatic heterocycles. The Hall–Kier alpha value is -1.52. The average molecular weight is 322 g/mol. The lowest BCUT2D eigenvalue weighted by Crippen LogP contribution is -2.05. The van der Waals surface area contributed by atoms with Gasteiger partial charge in [-0.2, -0.15) is 0 Å². The average Bonchev–Trinajstić information content (AvgIpc) is 2.39. The molecule has 2 aromatic carbocycles. The van der Waals surface area contributed by atoms with Crippen molar-refractivity contribution in [2.75, 3.05) is 7.11 Å². The lowest BCUT2D eigenvalue weighted by atomic mass is 10.1. The fourth-order valence-corrected chi connectivity index (χ4v) is 2.49. The minimum absolute atomic E-state index is 0.0188. The highest BCUT2D eigenvalue weighted by Gasteiger charge is 2.08. The molecule has 0 amide bonds. The van der Waals surface area contributed by atoms with E-state index in [0.29, 0.717) is 11.5 Å². The van der Waals surface area contributed by atoms with Crippen molar-refractivity contribution in [3.63, 3.8) is 0 Å². The molecule has 0 spiro atoms. The third-order valence-electron chi connectivity index (χ3n) is 2.76. The Morgan fingerprint density at radius 3 is 2.37 bits per heavy atom. The number of para-hydroxylation sites is 2. The number of benzene rings is 2. The Morgan fingerprint density at radius 2 is 1.79 bits per heavy atom. The first-order chi connectivity index (χ1) is 9.11. The van der Waals surface area contributed by atoms with Crippen LogP contribution in [0.2, 0.25) is 0 Å². The van der Waals surface area contributed by atoms with Crippen molar-refractivity contribution in [1.29, 1.82) is 0 Å². The van der Waals surface area contributed by atoms with Crippen molar-refractivity contribution in [2.24, 2.45) is 5.73 Å². The highest BCUT2D eigenvalue weighted by atomic mass is 79.9. The number of hydrogen-bond donors (Lipinski definition) is 1. The van der Waals surface area contributed by atoms with Gasteiger partial charge < -0.3 is 15.2 Å². The number of hydrogen-bond acceptors (Lipinski definition) is 3. The van der Waals surface area contributed by atoms with Crippen molar-refractivity contribution in [2.45, 2.75) is 13.0 Å². The highest BCUT2D eigenvalue weighted by molar-refractivity contribution is 9.10. The summed E-state index contributed by atoms with van der Waals surface area (Å²) in [4.78, 5) is 0. The van der Waals surface area contributed by atoms with Gasteiger partial charge in [0.05, 0.1) is 7.11 Å². The maximum atomic E-state index is 5.87. The van der Waals surface area contributed by atoms with Gasteiger partial charge in [-0.1, -0.05) is 34.1 Å². The van der Waals surface area contributed by atoms with Crippen molar-refractivity contribution >= 4 is 15.9 Å². The molecule has 0 fully saturated rings. The van der Waals surface area contributed by atoms with Crippen molar-refractivity contribution < 1.29 is 9.47 Å². The van der Waals surface area contributed by atoms with Gasteiger partial charge >= 0.3 is 0 Å². The first-order valence-corrected chi connectivity index (χ1v) is 6.77. The van der Waals surface area contributed by atoms with Crippen LogP contribution in [0.15, 0.2) is 46.9 Å². The van der Waals surface area contributed by atoms with Crippen molar-refractivity contribution in [3.05, 3.63) is 52.5 Å². The van der Waals surface area contributed by atoms with Gasteiger partial charge in [0.2, 0.25) is 0 Å². The second-order valence-corrected chi connectivity index (χ2v) is 5.08. The first kappa shape index (κ1) is 13.9. The molecule has 3 nitrogen and oxygen atoms in total. The van der Waals surface area contributed by atoms with Crippen LogP contribution in [0.4, 0.5) is 0 Å². The Bertz CT molecular complexity index is 570. The molecule has 0 aliphatic carbocycles. The van der Waals surface area contributed by atoms with Gasteiger partial charge in [0.15, 0.2) is 11.5 Å².